The van der Waals surface area contributed by atoms with E-state index in [1.807, 2.05) is 24.3 Å². The molecule has 19 heavy (non-hydrogen) atoms. The number of rotatable bonds is 5. The van der Waals surface area contributed by atoms with E-state index < -0.39 is 0 Å². The summed E-state index contributed by atoms with van der Waals surface area (Å²) in [6.07, 6.45) is 8.04. The molecule has 0 saturated carbocycles. The summed E-state index contributed by atoms with van der Waals surface area (Å²) in [5, 5.41) is 7.54. The third kappa shape index (κ3) is 4.06. The number of piperidine rings is 1. The van der Waals surface area contributed by atoms with Crippen LogP contribution in [-0.2, 0) is 11.8 Å². The average Bonchev–Trinajstić information content (AvgIpc) is 2.86. The number of amides is 1. The van der Waals surface area contributed by atoms with Gasteiger partial charge in [0.25, 0.3) is 0 Å². The molecule has 1 aliphatic rings. The second kappa shape index (κ2) is 6.70. The van der Waals surface area contributed by atoms with Gasteiger partial charge in [-0.3, -0.25) is 9.48 Å². The predicted molar refractivity (Wildman–Crippen MR) is 74.7 cm³/mol. The summed E-state index contributed by atoms with van der Waals surface area (Å²) in [5.41, 5.74) is 1.16. The van der Waals surface area contributed by atoms with Gasteiger partial charge in [-0.1, -0.05) is 0 Å². The monoisotopic (exact) mass is 264 g/mol. The van der Waals surface area contributed by atoms with Crippen LogP contribution in [0.5, 0.6) is 0 Å². The summed E-state index contributed by atoms with van der Waals surface area (Å²) in [7, 11) is 1.91. The van der Waals surface area contributed by atoms with Gasteiger partial charge >= 0.3 is 0 Å². The highest BCUT2D eigenvalue weighted by molar-refractivity contribution is 5.76. The minimum atomic E-state index is 0.239. The second-order valence-corrected chi connectivity index (χ2v) is 5.31. The summed E-state index contributed by atoms with van der Waals surface area (Å²) in [6, 6.07) is 0.239. The summed E-state index contributed by atoms with van der Waals surface area (Å²) < 4.78 is 1.80. The fourth-order valence-corrected chi connectivity index (χ4v) is 2.48. The van der Waals surface area contributed by atoms with E-state index in [2.05, 4.69) is 17.3 Å². The highest BCUT2D eigenvalue weighted by atomic mass is 16.2. The molecule has 0 aliphatic carbocycles. The first kappa shape index (κ1) is 14.1. The lowest BCUT2D eigenvalue weighted by Gasteiger charge is -2.27. The Hall–Kier alpha value is -1.36. The van der Waals surface area contributed by atoms with Gasteiger partial charge in [-0.2, -0.15) is 5.10 Å². The van der Waals surface area contributed by atoms with Crippen molar-refractivity contribution in [3.8, 4) is 0 Å². The highest BCUT2D eigenvalue weighted by Crippen LogP contribution is 2.11. The van der Waals surface area contributed by atoms with Crippen molar-refractivity contribution in [3.05, 3.63) is 18.0 Å². The maximum absolute atomic E-state index is 12.0. The number of carbonyl (C=O) groups is 1. The van der Waals surface area contributed by atoms with Gasteiger partial charge in [0, 0.05) is 50.9 Å². The fourth-order valence-electron chi connectivity index (χ4n) is 2.48. The molecule has 1 amide bonds. The Balaban J connectivity index is 1.69. The third-order valence-corrected chi connectivity index (χ3v) is 3.72. The molecule has 0 aromatic carbocycles. The van der Waals surface area contributed by atoms with Crippen molar-refractivity contribution in [2.45, 2.75) is 38.6 Å². The number of hydrogen-bond acceptors (Lipinski definition) is 3. The normalized spacial score (nSPS) is 17.5. The minimum absolute atomic E-state index is 0.239. The Morgan fingerprint density at radius 1 is 1.42 bits per heavy atom. The molecule has 1 N–H and O–H groups in total. The first-order chi connectivity index (χ1) is 9.16. The van der Waals surface area contributed by atoms with E-state index in [0.717, 1.165) is 38.0 Å². The molecule has 2 heterocycles. The Labute approximate surface area is 115 Å². The van der Waals surface area contributed by atoms with E-state index in [9.17, 15) is 4.79 Å². The lowest BCUT2D eigenvalue weighted by Crippen LogP contribution is -2.37. The quantitative estimate of drug-likeness (QED) is 0.876. The molecule has 1 aliphatic heterocycles. The Morgan fingerprint density at radius 2 is 2.16 bits per heavy atom. The van der Waals surface area contributed by atoms with Crippen molar-refractivity contribution in [2.24, 2.45) is 7.05 Å². The number of nitrogens with one attached hydrogen (secondary N) is 1. The van der Waals surface area contributed by atoms with Crippen LogP contribution in [-0.4, -0.2) is 40.2 Å². The molecular formula is C14H24N4O. The fraction of sp³-hybridized carbons (Fsp3) is 0.714. The first-order valence-electron chi connectivity index (χ1n) is 7.16. The van der Waals surface area contributed by atoms with E-state index in [0.29, 0.717) is 6.42 Å². The molecule has 1 unspecified atom stereocenters. The van der Waals surface area contributed by atoms with Crippen molar-refractivity contribution in [3.63, 3.8) is 0 Å². The van der Waals surface area contributed by atoms with Crippen LogP contribution in [0.15, 0.2) is 12.4 Å². The van der Waals surface area contributed by atoms with Crippen molar-refractivity contribution in [1.29, 1.82) is 0 Å². The van der Waals surface area contributed by atoms with Crippen LogP contribution in [0.1, 0.15) is 44.2 Å². The molecule has 1 atom stereocenters. The van der Waals surface area contributed by atoms with Crippen molar-refractivity contribution >= 4 is 5.91 Å². The topological polar surface area (TPSA) is 50.2 Å². The van der Waals surface area contributed by atoms with Gasteiger partial charge in [0.15, 0.2) is 0 Å². The number of aromatic nitrogens is 2. The molecule has 5 nitrogen and oxygen atoms in total. The highest BCUT2D eigenvalue weighted by Gasteiger charge is 2.16. The molecule has 0 spiro atoms. The summed E-state index contributed by atoms with van der Waals surface area (Å²) in [6.45, 7) is 4.71. The van der Waals surface area contributed by atoms with Gasteiger partial charge < -0.3 is 10.2 Å². The number of likely N-dealkylation sites (tertiary alicyclic amines) is 1. The average molecular weight is 264 g/mol. The lowest BCUT2D eigenvalue weighted by atomic mass is 10.1. The number of hydrogen-bond donors (Lipinski definition) is 1. The van der Waals surface area contributed by atoms with Crippen molar-refractivity contribution in [2.75, 3.05) is 19.6 Å². The SMILES string of the molecule is CC(NCCC(=O)N1CCCCC1)c1cnn(C)c1. The lowest BCUT2D eigenvalue weighted by molar-refractivity contribution is -0.132. The zero-order valence-corrected chi connectivity index (χ0v) is 11.9. The van der Waals surface area contributed by atoms with E-state index in [1.54, 1.807) is 4.68 Å². The van der Waals surface area contributed by atoms with Crippen LogP contribution in [0.3, 0.4) is 0 Å². The zero-order valence-electron chi connectivity index (χ0n) is 11.9. The van der Waals surface area contributed by atoms with E-state index in [1.165, 1.54) is 6.42 Å². The van der Waals surface area contributed by atoms with Gasteiger partial charge in [-0.05, 0) is 26.2 Å². The maximum atomic E-state index is 12.0. The smallest absolute Gasteiger partial charge is 0.223 e. The van der Waals surface area contributed by atoms with Crippen molar-refractivity contribution in [1.82, 2.24) is 20.0 Å². The van der Waals surface area contributed by atoms with Crippen LogP contribution in [0.4, 0.5) is 0 Å². The molecule has 1 aromatic heterocycles. The molecule has 106 valence electrons. The molecule has 5 heteroatoms. The van der Waals surface area contributed by atoms with E-state index in [4.69, 9.17) is 0 Å². The molecule has 1 fully saturated rings. The van der Waals surface area contributed by atoms with E-state index in [-0.39, 0.29) is 11.9 Å². The van der Waals surface area contributed by atoms with Crippen LogP contribution in [0.2, 0.25) is 0 Å². The summed E-state index contributed by atoms with van der Waals surface area (Å²) >= 11 is 0. The predicted octanol–water partition coefficient (Wildman–Crippen LogP) is 1.47. The Kier molecular flexibility index (Phi) is 4.96. The summed E-state index contributed by atoms with van der Waals surface area (Å²) in [5.74, 6) is 0.283. The summed E-state index contributed by atoms with van der Waals surface area (Å²) in [4.78, 5) is 14.0. The van der Waals surface area contributed by atoms with Gasteiger partial charge in [0.2, 0.25) is 5.91 Å². The molecule has 2 rings (SSSR count). The second-order valence-electron chi connectivity index (χ2n) is 5.31. The number of nitrogens with zero attached hydrogens (tertiary/aromatic N) is 3. The minimum Gasteiger partial charge on any atom is -0.343 e. The standard InChI is InChI=1S/C14H24N4O/c1-12(13-10-16-17(2)11-13)15-7-6-14(19)18-8-4-3-5-9-18/h10-12,15H,3-9H2,1-2H3. The maximum Gasteiger partial charge on any atom is 0.223 e. The van der Waals surface area contributed by atoms with Gasteiger partial charge in [0.05, 0.1) is 6.20 Å². The van der Waals surface area contributed by atoms with Crippen LogP contribution in [0, 0.1) is 0 Å². The first-order valence-corrected chi connectivity index (χ1v) is 7.16. The largest absolute Gasteiger partial charge is 0.343 e. The molecule has 0 bridgehead atoms. The zero-order chi connectivity index (χ0) is 13.7. The third-order valence-electron chi connectivity index (χ3n) is 3.72. The van der Waals surface area contributed by atoms with Gasteiger partial charge in [-0.15, -0.1) is 0 Å². The van der Waals surface area contributed by atoms with Crippen LogP contribution in [0.25, 0.3) is 0 Å². The number of aryl methyl sites for hydroxylation is 1. The molecule has 0 radical (unpaired) electrons. The number of carbonyl (C=O) groups excluding carboxylic acids is 1. The van der Waals surface area contributed by atoms with Gasteiger partial charge in [0.1, 0.15) is 0 Å². The Bertz CT molecular complexity index is 409. The van der Waals surface area contributed by atoms with Crippen LogP contribution >= 0.6 is 0 Å². The molecular weight excluding hydrogens is 240 g/mol. The van der Waals surface area contributed by atoms with Crippen LogP contribution < -0.4 is 5.32 Å². The van der Waals surface area contributed by atoms with Gasteiger partial charge in [-0.25, -0.2) is 0 Å². The molecule has 1 aromatic rings. The molecule has 1 saturated heterocycles. The Morgan fingerprint density at radius 3 is 2.79 bits per heavy atom. The van der Waals surface area contributed by atoms with Crippen molar-refractivity contribution < 1.29 is 4.79 Å². The van der Waals surface area contributed by atoms with E-state index >= 15 is 0 Å².